The van der Waals surface area contributed by atoms with Gasteiger partial charge in [0.25, 0.3) is 0 Å². The van der Waals surface area contributed by atoms with Gasteiger partial charge in [0, 0.05) is 19.6 Å². The van der Waals surface area contributed by atoms with Crippen molar-refractivity contribution in [3.05, 3.63) is 35.4 Å². The number of rotatable bonds is 6. The average molecular weight is 318 g/mol. The molecule has 1 aromatic rings. The summed E-state index contributed by atoms with van der Waals surface area (Å²) in [5.41, 5.74) is 2.61. The molecule has 1 aliphatic heterocycles. The van der Waals surface area contributed by atoms with Crippen molar-refractivity contribution < 1.29 is 14.7 Å². The molecule has 0 aliphatic carbocycles. The molecule has 2 rings (SSSR count). The van der Waals surface area contributed by atoms with E-state index >= 15 is 0 Å². The predicted molar refractivity (Wildman–Crippen MR) is 89.6 cm³/mol. The summed E-state index contributed by atoms with van der Waals surface area (Å²) >= 11 is 0. The molecule has 126 valence electrons. The second-order valence-corrected chi connectivity index (χ2v) is 6.50. The van der Waals surface area contributed by atoms with Crippen molar-refractivity contribution in [3.8, 4) is 0 Å². The number of carbonyl (C=O) groups excluding carboxylic acids is 1. The van der Waals surface area contributed by atoms with Crippen molar-refractivity contribution in [2.45, 2.75) is 39.0 Å². The van der Waals surface area contributed by atoms with Crippen LogP contribution in [0.15, 0.2) is 24.3 Å². The number of carbonyl (C=O) groups is 2. The number of urea groups is 1. The van der Waals surface area contributed by atoms with Crippen LogP contribution in [0.1, 0.15) is 43.7 Å². The van der Waals surface area contributed by atoms with Crippen LogP contribution in [0, 0.1) is 5.92 Å². The number of amides is 2. The number of carboxylic acid groups (broad SMARTS) is 1. The predicted octanol–water partition coefficient (Wildman–Crippen LogP) is 2.86. The summed E-state index contributed by atoms with van der Waals surface area (Å²) in [6, 6.07) is 8.47. The lowest BCUT2D eigenvalue weighted by molar-refractivity contribution is -0.141. The largest absolute Gasteiger partial charge is 0.481 e. The third-order valence-corrected chi connectivity index (χ3v) is 4.39. The molecule has 1 atom stereocenters. The quantitative estimate of drug-likeness (QED) is 0.792. The van der Waals surface area contributed by atoms with E-state index in [9.17, 15) is 9.59 Å². The minimum Gasteiger partial charge on any atom is -0.481 e. The van der Waals surface area contributed by atoms with Gasteiger partial charge in [-0.25, -0.2) is 4.79 Å². The van der Waals surface area contributed by atoms with Gasteiger partial charge in [0.15, 0.2) is 0 Å². The van der Waals surface area contributed by atoms with Crippen LogP contribution in [0.2, 0.25) is 0 Å². The van der Waals surface area contributed by atoms with Crippen LogP contribution in [-0.4, -0.2) is 41.6 Å². The molecule has 0 aromatic heterocycles. The molecule has 0 saturated carbocycles. The van der Waals surface area contributed by atoms with E-state index in [1.165, 1.54) is 11.1 Å². The summed E-state index contributed by atoms with van der Waals surface area (Å²) in [6.07, 6.45) is 2.35. The third-order valence-electron chi connectivity index (χ3n) is 4.39. The number of likely N-dealkylation sites (tertiary alicyclic amines) is 1. The highest BCUT2D eigenvalue weighted by Gasteiger charge is 2.30. The summed E-state index contributed by atoms with van der Waals surface area (Å²) in [5.74, 6) is -0.691. The number of aryl methyl sites for hydroxylation is 1. The van der Waals surface area contributed by atoms with Crippen LogP contribution < -0.4 is 5.32 Å². The second kappa shape index (κ2) is 7.99. The Bertz CT molecular complexity index is 540. The summed E-state index contributed by atoms with van der Waals surface area (Å²) in [4.78, 5) is 24.5. The van der Waals surface area contributed by atoms with Crippen molar-refractivity contribution in [1.82, 2.24) is 10.2 Å². The molecule has 23 heavy (non-hydrogen) atoms. The maximum absolute atomic E-state index is 12.0. The van der Waals surface area contributed by atoms with Crippen molar-refractivity contribution in [1.29, 1.82) is 0 Å². The van der Waals surface area contributed by atoms with E-state index in [0.29, 0.717) is 32.0 Å². The topological polar surface area (TPSA) is 69.6 Å². The fourth-order valence-electron chi connectivity index (χ4n) is 2.82. The van der Waals surface area contributed by atoms with Crippen LogP contribution in [0.3, 0.4) is 0 Å². The van der Waals surface area contributed by atoms with E-state index < -0.39 is 11.9 Å². The van der Waals surface area contributed by atoms with Gasteiger partial charge in [0.05, 0.1) is 5.92 Å². The smallest absolute Gasteiger partial charge is 0.317 e. The number of nitrogens with one attached hydrogen (secondary N) is 1. The van der Waals surface area contributed by atoms with Gasteiger partial charge in [0.1, 0.15) is 0 Å². The molecule has 0 radical (unpaired) electrons. The maximum Gasteiger partial charge on any atom is 0.317 e. The van der Waals surface area contributed by atoms with E-state index in [1.807, 2.05) is 0 Å². The van der Waals surface area contributed by atoms with E-state index in [1.54, 1.807) is 4.90 Å². The first-order chi connectivity index (χ1) is 11.0. The average Bonchev–Trinajstić information content (AvgIpc) is 3.02. The SMILES string of the molecule is CC(C)c1ccc(CCCNC(=O)N2CCC(C(=O)O)C2)cc1. The molecule has 5 heteroatoms. The molecule has 1 unspecified atom stereocenters. The molecule has 1 heterocycles. The first-order valence-corrected chi connectivity index (χ1v) is 8.31. The Labute approximate surface area is 137 Å². The highest BCUT2D eigenvalue weighted by Crippen LogP contribution is 2.17. The van der Waals surface area contributed by atoms with Crippen LogP contribution in [-0.2, 0) is 11.2 Å². The van der Waals surface area contributed by atoms with E-state index in [0.717, 1.165) is 12.8 Å². The fraction of sp³-hybridized carbons (Fsp3) is 0.556. The van der Waals surface area contributed by atoms with Gasteiger partial charge < -0.3 is 15.3 Å². The number of nitrogens with zero attached hydrogens (tertiary/aromatic N) is 1. The summed E-state index contributed by atoms with van der Waals surface area (Å²) in [5, 5.41) is 11.8. The monoisotopic (exact) mass is 318 g/mol. The Hall–Kier alpha value is -2.04. The van der Waals surface area contributed by atoms with E-state index in [4.69, 9.17) is 5.11 Å². The van der Waals surface area contributed by atoms with Gasteiger partial charge in [0.2, 0.25) is 0 Å². The Morgan fingerprint density at radius 3 is 2.57 bits per heavy atom. The van der Waals surface area contributed by atoms with Crippen LogP contribution in [0.5, 0.6) is 0 Å². The van der Waals surface area contributed by atoms with Gasteiger partial charge in [-0.2, -0.15) is 0 Å². The van der Waals surface area contributed by atoms with Crippen molar-refractivity contribution in [2.24, 2.45) is 5.92 Å². The normalized spacial score (nSPS) is 17.5. The lowest BCUT2D eigenvalue weighted by Crippen LogP contribution is -2.39. The second-order valence-electron chi connectivity index (χ2n) is 6.50. The van der Waals surface area contributed by atoms with Gasteiger partial charge >= 0.3 is 12.0 Å². The molecule has 2 N–H and O–H groups in total. The van der Waals surface area contributed by atoms with Crippen molar-refractivity contribution in [3.63, 3.8) is 0 Å². The van der Waals surface area contributed by atoms with Gasteiger partial charge in [-0.15, -0.1) is 0 Å². The molecule has 1 aliphatic rings. The number of aliphatic carboxylic acids is 1. The Kier molecular flexibility index (Phi) is 6.02. The Balaban J connectivity index is 1.67. The lowest BCUT2D eigenvalue weighted by atomic mass is 10.0. The van der Waals surface area contributed by atoms with Gasteiger partial charge in [-0.3, -0.25) is 4.79 Å². The summed E-state index contributed by atoms with van der Waals surface area (Å²) < 4.78 is 0. The minimum absolute atomic E-state index is 0.149. The maximum atomic E-state index is 12.0. The zero-order valence-corrected chi connectivity index (χ0v) is 13.9. The highest BCUT2D eigenvalue weighted by molar-refractivity contribution is 5.77. The first-order valence-electron chi connectivity index (χ1n) is 8.31. The van der Waals surface area contributed by atoms with E-state index in [2.05, 4.69) is 43.4 Å². The summed E-state index contributed by atoms with van der Waals surface area (Å²) in [7, 11) is 0. The Morgan fingerprint density at radius 1 is 1.30 bits per heavy atom. The number of benzene rings is 1. The molecule has 5 nitrogen and oxygen atoms in total. The lowest BCUT2D eigenvalue weighted by Gasteiger charge is -2.16. The molecule has 0 spiro atoms. The number of hydrogen-bond donors (Lipinski definition) is 2. The van der Waals surface area contributed by atoms with Crippen molar-refractivity contribution in [2.75, 3.05) is 19.6 Å². The number of carboxylic acids is 1. The van der Waals surface area contributed by atoms with Crippen LogP contribution in [0.25, 0.3) is 0 Å². The molecule has 1 aromatic carbocycles. The van der Waals surface area contributed by atoms with Crippen molar-refractivity contribution >= 4 is 12.0 Å². The van der Waals surface area contributed by atoms with Crippen LogP contribution in [0.4, 0.5) is 4.79 Å². The summed E-state index contributed by atoms with van der Waals surface area (Å²) in [6.45, 7) is 5.81. The molecule has 2 amide bonds. The van der Waals surface area contributed by atoms with Gasteiger partial charge in [-0.1, -0.05) is 38.1 Å². The van der Waals surface area contributed by atoms with Crippen LogP contribution >= 0.6 is 0 Å². The zero-order valence-electron chi connectivity index (χ0n) is 13.9. The molecule has 1 fully saturated rings. The highest BCUT2D eigenvalue weighted by atomic mass is 16.4. The first kappa shape index (κ1) is 17.3. The number of hydrogen-bond acceptors (Lipinski definition) is 2. The fourth-order valence-corrected chi connectivity index (χ4v) is 2.82. The minimum atomic E-state index is -0.815. The zero-order chi connectivity index (χ0) is 16.8. The molecule has 1 saturated heterocycles. The molecular weight excluding hydrogens is 292 g/mol. The Morgan fingerprint density at radius 2 is 2.00 bits per heavy atom. The third kappa shape index (κ3) is 4.98. The van der Waals surface area contributed by atoms with Gasteiger partial charge in [-0.05, 0) is 36.3 Å². The molecular formula is C18H26N2O3. The van der Waals surface area contributed by atoms with E-state index in [-0.39, 0.29) is 6.03 Å². The standard InChI is InChI=1S/C18H26N2O3/c1-13(2)15-7-5-14(6-8-15)4-3-10-19-18(23)20-11-9-16(12-20)17(21)22/h5-8,13,16H,3-4,9-12H2,1-2H3,(H,19,23)(H,21,22). The molecule has 0 bridgehead atoms.